The normalized spacial score (nSPS) is 14.3. The van der Waals surface area contributed by atoms with Crippen molar-refractivity contribution >= 4 is 23.4 Å². The van der Waals surface area contributed by atoms with Gasteiger partial charge in [0, 0.05) is 32.7 Å². The summed E-state index contributed by atoms with van der Waals surface area (Å²) < 4.78 is 18.6. The summed E-state index contributed by atoms with van der Waals surface area (Å²) in [6, 6.07) is 5.53. The molecule has 0 radical (unpaired) electrons. The van der Waals surface area contributed by atoms with Crippen LogP contribution in [0.2, 0.25) is 0 Å². The molecule has 0 spiro atoms. The lowest BCUT2D eigenvalue weighted by molar-refractivity contribution is 0.102. The highest BCUT2D eigenvalue weighted by Gasteiger charge is 2.18. The van der Waals surface area contributed by atoms with Gasteiger partial charge in [-0.1, -0.05) is 6.07 Å². The Morgan fingerprint density at radius 2 is 2.08 bits per heavy atom. The molecule has 1 aromatic carbocycles. The zero-order valence-corrected chi connectivity index (χ0v) is 14.2. The van der Waals surface area contributed by atoms with E-state index in [1.165, 1.54) is 18.2 Å². The van der Waals surface area contributed by atoms with Crippen molar-refractivity contribution in [3.05, 3.63) is 41.8 Å². The topological polar surface area (TPSA) is 70.6 Å². The van der Waals surface area contributed by atoms with E-state index in [0.717, 1.165) is 13.1 Å². The number of ether oxygens (including phenoxy) is 1. The summed E-state index contributed by atoms with van der Waals surface area (Å²) in [7, 11) is 3.67. The average molecular weight is 345 g/mol. The summed E-state index contributed by atoms with van der Waals surface area (Å²) in [5.74, 6) is 0.307. The molecule has 132 valence electrons. The second-order valence-corrected chi connectivity index (χ2v) is 5.87. The van der Waals surface area contributed by atoms with Gasteiger partial charge in [-0.15, -0.1) is 0 Å². The molecular formula is C17H20FN5O2. The number of nitrogens with one attached hydrogen (secondary N) is 1. The van der Waals surface area contributed by atoms with Crippen molar-refractivity contribution in [3.8, 4) is 0 Å². The van der Waals surface area contributed by atoms with Crippen LogP contribution in [0.15, 0.2) is 30.5 Å². The van der Waals surface area contributed by atoms with Crippen LogP contribution in [0.3, 0.4) is 0 Å². The van der Waals surface area contributed by atoms with E-state index in [-0.39, 0.29) is 5.56 Å². The summed E-state index contributed by atoms with van der Waals surface area (Å²) in [5, 5.41) is 2.75. The molecule has 0 saturated carbocycles. The van der Waals surface area contributed by atoms with Gasteiger partial charge in [0.05, 0.1) is 19.4 Å². The Morgan fingerprint density at radius 1 is 1.32 bits per heavy atom. The van der Waals surface area contributed by atoms with Gasteiger partial charge in [0.2, 0.25) is 5.95 Å². The predicted octanol–water partition coefficient (Wildman–Crippen LogP) is 1.77. The van der Waals surface area contributed by atoms with Crippen LogP contribution in [0.5, 0.6) is 0 Å². The number of anilines is 3. The SMILES string of the molecule is CN(C)c1nc(N2CCOCC2)ncc1NC(=O)c1cccc(F)c1. The lowest BCUT2D eigenvalue weighted by Crippen LogP contribution is -2.37. The Balaban J connectivity index is 1.84. The third-order valence-corrected chi connectivity index (χ3v) is 3.81. The Hall–Kier alpha value is -2.74. The summed E-state index contributed by atoms with van der Waals surface area (Å²) >= 11 is 0. The van der Waals surface area contributed by atoms with E-state index in [0.29, 0.717) is 30.7 Å². The highest BCUT2D eigenvalue weighted by molar-refractivity contribution is 6.05. The van der Waals surface area contributed by atoms with Crippen molar-refractivity contribution in [1.82, 2.24) is 9.97 Å². The first kappa shape index (κ1) is 17.1. The molecule has 3 rings (SSSR count). The molecule has 1 aliphatic heterocycles. The molecule has 1 saturated heterocycles. The third-order valence-electron chi connectivity index (χ3n) is 3.81. The van der Waals surface area contributed by atoms with Gasteiger partial charge >= 0.3 is 0 Å². The maximum absolute atomic E-state index is 13.3. The highest BCUT2D eigenvalue weighted by Crippen LogP contribution is 2.24. The van der Waals surface area contributed by atoms with E-state index in [1.54, 1.807) is 17.2 Å². The van der Waals surface area contributed by atoms with Gasteiger partial charge in [0.25, 0.3) is 5.91 Å². The van der Waals surface area contributed by atoms with Crippen LogP contribution in [-0.2, 0) is 4.74 Å². The fourth-order valence-electron chi connectivity index (χ4n) is 2.53. The minimum atomic E-state index is -0.459. The largest absolute Gasteiger partial charge is 0.378 e. The van der Waals surface area contributed by atoms with Crippen LogP contribution in [0.25, 0.3) is 0 Å². The third kappa shape index (κ3) is 4.03. The number of halogens is 1. The maximum Gasteiger partial charge on any atom is 0.255 e. The first-order chi connectivity index (χ1) is 12.0. The van der Waals surface area contributed by atoms with E-state index < -0.39 is 11.7 Å². The maximum atomic E-state index is 13.3. The number of aromatic nitrogens is 2. The Kier molecular flexibility index (Phi) is 5.08. The summed E-state index contributed by atoms with van der Waals surface area (Å²) in [6.07, 6.45) is 1.57. The minimum Gasteiger partial charge on any atom is -0.378 e. The minimum absolute atomic E-state index is 0.238. The van der Waals surface area contributed by atoms with Crippen molar-refractivity contribution in [2.45, 2.75) is 0 Å². The summed E-state index contributed by atoms with van der Waals surface area (Å²) in [5.41, 5.74) is 0.707. The molecule has 1 fully saturated rings. The highest BCUT2D eigenvalue weighted by atomic mass is 19.1. The van der Waals surface area contributed by atoms with Gasteiger partial charge in [-0.05, 0) is 18.2 Å². The quantitative estimate of drug-likeness (QED) is 0.911. The van der Waals surface area contributed by atoms with Gasteiger partial charge in [-0.25, -0.2) is 9.37 Å². The van der Waals surface area contributed by atoms with Gasteiger partial charge in [0.15, 0.2) is 5.82 Å². The smallest absolute Gasteiger partial charge is 0.255 e. The lowest BCUT2D eigenvalue weighted by Gasteiger charge is -2.28. The molecule has 2 heterocycles. The number of carbonyl (C=O) groups is 1. The average Bonchev–Trinajstić information content (AvgIpc) is 2.62. The van der Waals surface area contributed by atoms with E-state index in [9.17, 15) is 9.18 Å². The van der Waals surface area contributed by atoms with Crippen LogP contribution in [-0.4, -0.2) is 56.3 Å². The second kappa shape index (κ2) is 7.43. The summed E-state index contributed by atoms with van der Waals surface area (Å²) in [4.78, 5) is 25.1. The zero-order valence-electron chi connectivity index (χ0n) is 14.2. The van der Waals surface area contributed by atoms with Gasteiger partial charge < -0.3 is 19.9 Å². The first-order valence-corrected chi connectivity index (χ1v) is 7.98. The fraction of sp³-hybridized carbons (Fsp3) is 0.353. The molecule has 1 amide bonds. The van der Waals surface area contributed by atoms with Crippen molar-refractivity contribution < 1.29 is 13.9 Å². The molecule has 7 nitrogen and oxygen atoms in total. The van der Waals surface area contributed by atoms with Crippen LogP contribution in [0.1, 0.15) is 10.4 Å². The molecule has 0 aliphatic carbocycles. The molecule has 0 atom stereocenters. The van der Waals surface area contributed by atoms with Crippen LogP contribution in [0.4, 0.5) is 21.8 Å². The molecule has 1 N–H and O–H groups in total. The van der Waals surface area contributed by atoms with Crippen LogP contribution >= 0.6 is 0 Å². The van der Waals surface area contributed by atoms with Crippen molar-refractivity contribution in [1.29, 1.82) is 0 Å². The number of benzene rings is 1. The van der Waals surface area contributed by atoms with E-state index in [4.69, 9.17) is 4.74 Å². The van der Waals surface area contributed by atoms with Gasteiger partial charge in [-0.2, -0.15) is 4.98 Å². The number of hydrogen-bond donors (Lipinski definition) is 1. The van der Waals surface area contributed by atoms with E-state index in [2.05, 4.69) is 15.3 Å². The Labute approximate surface area is 145 Å². The number of nitrogens with zero attached hydrogens (tertiary/aromatic N) is 4. The van der Waals surface area contributed by atoms with Gasteiger partial charge in [0.1, 0.15) is 11.5 Å². The number of amides is 1. The number of carbonyl (C=O) groups excluding carboxylic acids is 1. The lowest BCUT2D eigenvalue weighted by atomic mass is 10.2. The van der Waals surface area contributed by atoms with Crippen molar-refractivity contribution in [3.63, 3.8) is 0 Å². The predicted molar refractivity (Wildman–Crippen MR) is 93.7 cm³/mol. The standard InChI is InChI=1S/C17H20FN5O2/c1-22(2)15-14(20-16(24)12-4-3-5-13(18)10-12)11-19-17(21-15)23-6-8-25-9-7-23/h3-5,10-11H,6-9H2,1-2H3,(H,20,24). The monoisotopic (exact) mass is 345 g/mol. The number of hydrogen-bond acceptors (Lipinski definition) is 6. The fourth-order valence-corrected chi connectivity index (χ4v) is 2.53. The van der Waals surface area contributed by atoms with E-state index >= 15 is 0 Å². The zero-order chi connectivity index (χ0) is 17.8. The molecule has 0 unspecified atom stereocenters. The Bertz CT molecular complexity index is 762. The molecule has 25 heavy (non-hydrogen) atoms. The Morgan fingerprint density at radius 3 is 2.76 bits per heavy atom. The molecule has 0 bridgehead atoms. The van der Waals surface area contributed by atoms with Gasteiger partial charge in [-0.3, -0.25) is 4.79 Å². The van der Waals surface area contributed by atoms with Crippen molar-refractivity contribution in [2.24, 2.45) is 0 Å². The second-order valence-electron chi connectivity index (χ2n) is 5.87. The summed E-state index contributed by atoms with van der Waals surface area (Å²) in [6.45, 7) is 2.72. The molecule has 1 aliphatic rings. The van der Waals surface area contributed by atoms with Crippen LogP contribution in [0, 0.1) is 5.82 Å². The molecule has 2 aromatic rings. The number of rotatable bonds is 4. The first-order valence-electron chi connectivity index (χ1n) is 7.98. The van der Waals surface area contributed by atoms with Crippen LogP contribution < -0.4 is 15.1 Å². The molecule has 8 heteroatoms. The molecular weight excluding hydrogens is 325 g/mol. The van der Waals surface area contributed by atoms with Crippen molar-refractivity contribution in [2.75, 3.05) is 55.5 Å². The number of morpholine rings is 1. The van der Waals surface area contributed by atoms with E-state index in [1.807, 2.05) is 19.0 Å². The molecule has 1 aromatic heterocycles.